The van der Waals surface area contributed by atoms with E-state index >= 15 is 0 Å². The summed E-state index contributed by atoms with van der Waals surface area (Å²) in [5, 5.41) is 2.99. The Morgan fingerprint density at radius 2 is 1.70 bits per heavy atom. The van der Waals surface area contributed by atoms with Crippen LogP contribution in [0.15, 0.2) is 54.6 Å². The highest BCUT2D eigenvalue weighted by atomic mass is 32.2. The Kier molecular flexibility index (Phi) is 7.50. The predicted octanol–water partition coefficient (Wildman–Crippen LogP) is 3.11. The van der Waals surface area contributed by atoms with E-state index in [0.29, 0.717) is 23.7 Å². The lowest BCUT2D eigenvalue weighted by Gasteiger charge is -2.28. The molecule has 1 amide bonds. The minimum absolute atomic E-state index is 0.122. The Bertz CT molecular complexity index is 922. The quantitative estimate of drug-likeness (QED) is 0.700. The molecule has 1 aliphatic heterocycles. The van der Waals surface area contributed by atoms with Gasteiger partial charge in [0.1, 0.15) is 0 Å². The van der Waals surface area contributed by atoms with Gasteiger partial charge in [-0.1, -0.05) is 30.3 Å². The summed E-state index contributed by atoms with van der Waals surface area (Å²) in [6.45, 7) is 3.17. The van der Waals surface area contributed by atoms with Crippen LogP contribution in [0.25, 0.3) is 0 Å². The average molecular weight is 430 g/mol. The van der Waals surface area contributed by atoms with Crippen molar-refractivity contribution in [1.29, 1.82) is 0 Å². The van der Waals surface area contributed by atoms with Crippen LogP contribution in [0.4, 0.5) is 5.69 Å². The zero-order chi connectivity index (χ0) is 21.6. The number of rotatable bonds is 8. The van der Waals surface area contributed by atoms with Gasteiger partial charge in [0.25, 0.3) is 5.91 Å². The van der Waals surface area contributed by atoms with Crippen LogP contribution in [-0.4, -0.2) is 52.2 Å². The number of amides is 1. The van der Waals surface area contributed by atoms with Gasteiger partial charge in [0.2, 0.25) is 10.0 Å². The van der Waals surface area contributed by atoms with Crippen LogP contribution < -0.4 is 9.62 Å². The second-order valence-corrected chi connectivity index (χ2v) is 10.0. The molecule has 7 heteroatoms. The van der Waals surface area contributed by atoms with Crippen molar-refractivity contribution in [3.05, 3.63) is 65.7 Å². The number of nitrogens with zero attached hydrogens (tertiary/aromatic N) is 2. The first-order valence-corrected chi connectivity index (χ1v) is 12.3. The SMILES string of the molecule is CN1CCC(CCNC(=O)c2ccc(N(Cc3ccccc3)S(C)(=O)=O)cc2)CC1. The van der Waals surface area contributed by atoms with Gasteiger partial charge in [0, 0.05) is 12.1 Å². The van der Waals surface area contributed by atoms with Gasteiger partial charge in [-0.2, -0.15) is 0 Å². The molecule has 162 valence electrons. The van der Waals surface area contributed by atoms with Gasteiger partial charge in [-0.05, 0) is 75.1 Å². The molecule has 1 saturated heterocycles. The maximum atomic E-state index is 12.5. The minimum Gasteiger partial charge on any atom is -0.352 e. The zero-order valence-electron chi connectivity index (χ0n) is 17.8. The van der Waals surface area contributed by atoms with Crippen LogP contribution in [0.5, 0.6) is 0 Å². The van der Waals surface area contributed by atoms with Crippen molar-refractivity contribution >= 4 is 21.6 Å². The lowest BCUT2D eigenvalue weighted by molar-refractivity contribution is 0.0949. The minimum atomic E-state index is -3.45. The summed E-state index contributed by atoms with van der Waals surface area (Å²) in [5.41, 5.74) is 1.98. The van der Waals surface area contributed by atoms with E-state index in [1.54, 1.807) is 24.3 Å². The van der Waals surface area contributed by atoms with E-state index in [0.717, 1.165) is 25.1 Å². The molecule has 0 aromatic heterocycles. The Morgan fingerprint density at radius 1 is 1.07 bits per heavy atom. The topological polar surface area (TPSA) is 69.7 Å². The molecule has 2 aromatic rings. The molecule has 0 spiro atoms. The Labute approximate surface area is 179 Å². The largest absolute Gasteiger partial charge is 0.352 e. The zero-order valence-corrected chi connectivity index (χ0v) is 18.6. The van der Waals surface area contributed by atoms with Crippen LogP contribution in [-0.2, 0) is 16.6 Å². The highest BCUT2D eigenvalue weighted by Crippen LogP contribution is 2.22. The van der Waals surface area contributed by atoms with E-state index in [-0.39, 0.29) is 12.5 Å². The normalized spacial score (nSPS) is 15.7. The van der Waals surface area contributed by atoms with Gasteiger partial charge < -0.3 is 10.2 Å². The third-order valence-corrected chi connectivity index (χ3v) is 6.80. The fourth-order valence-corrected chi connectivity index (χ4v) is 4.66. The standard InChI is InChI=1S/C23H31N3O3S/c1-25-16-13-19(14-17-25)12-15-24-23(27)21-8-10-22(11-9-21)26(30(2,28)29)18-20-6-4-3-5-7-20/h3-11,19H,12-18H2,1-2H3,(H,24,27). The molecule has 1 fully saturated rings. The van der Waals surface area contributed by atoms with Gasteiger partial charge >= 0.3 is 0 Å². The molecule has 0 atom stereocenters. The number of hydrogen-bond acceptors (Lipinski definition) is 4. The molecule has 3 rings (SSSR count). The second kappa shape index (κ2) is 10.1. The van der Waals surface area contributed by atoms with Gasteiger partial charge in [-0.25, -0.2) is 8.42 Å². The van der Waals surface area contributed by atoms with E-state index in [9.17, 15) is 13.2 Å². The van der Waals surface area contributed by atoms with Crippen LogP contribution in [0, 0.1) is 5.92 Å². The Hall–Kier alpha value is -2.38. The van der Waals surface area contributed by atoms with Crippen molar-refractivity contribution in [1.82, 2.24) is 10.2 Å². The molecule has 1 aliphatic rings. The molecule has 2 aromatic carbocycles. The molecule has 0 unspecified atom stereocenters. The van der Waals surface area contributed by atoms with E-state index in [2.05, 4.69) is 17.3 Å². The monoisotopic (exact) mass is 429 g/mol. The molecular weight excluding hydrogens is 398 g/mol. The van der Waals surface area contributed by atoms with Gasteiger partial charge in [-0.15, -0.1) is 0 Å². The van der Waals surface area contributed by atoms with Gasteiger partial charge in [-0.3, -0.25) is 9.10 Å². The summed E-state index contributed by atoms with van der Waals surface area (Å²) >= 11 is 0. The highest BCUT2D eigenvalue weighted by Gasteiger charge is 2.19. The van der Waals surface area contributed by atoms with Crippen molar-refractivity contribution in [2.24, 2.45) is 5.92 Å². The fourth-order valence-electron chi connectivity index (χ4n) is 3.77. The summed E-state index contributed by atoms with van der Waals surface area (Å²) in [5.74, 6) is 0.550. The summed E-state index contributed by atoms with van der Waals surface area (Å²) in [7, 11) is -1.31. The molecule has 30 heavy (non-hydrogen) atoms. The highest BCUT2D eigenvalue weighted by molar-refractivity contribution is 7.92. The van der Waals surface area contributed by atoms with Crippen molar-refractivity contribution in [2.45, 2.75) is 25.8 Å². The first-order valence-electron chi connectivity index (χ1n) is 10.4. The third-order valence-electron chi connectivity index (χ3n) is 5.66. The number of likely N-dealkylation sites (tertiary alicyclic amines) is 1. The smallest absolute Gasteiger partial charge is 0.251 e. The molecule has 1 heterocycles. The molecule has 0 radical (unpaired) electrons. The number of anilines is 1. The van der Waals surface area contributed by atoms with Crippen molar-refractivity contribution < 1.29 is 13.2 Å². The Balaban J connectivity index is 1.58. The van der Waals surface area contributed by atoms with Crippen LogP contribution in [0.3, 0.4) is 0 Å². The third kappa shape index (κ3) is 6.31. The predicted molar refractivity (Wildman–Crippen MR) is 121 cm³/mol. The van der Waals surface area contributed by atoms with Crippen molar-refractivity contribution in [3.63, 3.8) is 0 Å². The van der Waals surface area contributed by atoms with Crippen molar-refractivity contribution in [3.8, 4) is 0 Å². The Morgan fingerprint density at radius 3 is 2.30 bits per heavy atom. The van der Waals surface area contributed by atoms with E-state index in [1.165, 1.54) is 23.4 Å². The van der Waals surface area contributed by atoms with Crippen LogP contribution >= 0.6 is 0 Å². The lowest BCUT2D eigenvalue weighted by Crippen LogP contribution is -2.32. The maximum Gasteiger partial charge on any atom is 0.251 e. The number of carbonyl (C=O) groups is 1. The average Bonchev–Trinajstić information content (AvgIpc) is 2.73. The molecule has 0 bridgehead atoms. The van der Waals surface area contributed by atoms with E-state index in [4.69, 9.17) is 0 Å². The van der Waals surface area contributed by atoms with Crippen molar-refractivity contribution in [2.75, 3.05) is 37.2 Å². The molecule has 6 nitrogen and oxygen atoms in total. The van der Waals surface area contributed by atoms with Gasteiger partial charge in [0.15, 0.2) is 0 Å². The molecule has 1 N–H and O–H groups in total. The number of nitrogens with one attached hydrogen (secondary N) is 1. The molecule has 0 saturated carbocycles. The number of carbonyl (C=O) groups excluding carboxylic acids is 1. The first-order chi connectivity index (χ1) is 14.3. The fraction of sp³-hybridized carbons (Fsp3) is 0.435. The number of benzene rings is 2. The van der Waals surface area contributed by atoms with E-state index < -0.39 is 10.0 Å². The summed E-state index contributed by atoms with van der Waals surface area (Å²) in [6, 6.07) is 16.2. The molecule has 0 aliphatic carbocycles. The maximum absolute atomic E-state index is 12.5. The molecular formula is C23H31N3O3S. The van der Waals surface area contributed by atoms with Gasteiger partial charge in [0.05, 0.1) is 18.5 Å². The summed E-state index contributed by atoms with van der Waals surface area (Å²) < 4.78 is 26.0. The summed E-state index contributed by atoms with van der Waals surface area (Å²) in [6.07, 6.45) is 4.56. The summed E-state index contributed by atoms with van der Waals surface area (Å²) in [4.78, 5) is 14.8. The second-order valence-electron chi connectivity index (χ2n) is 8.09. The van der Waals surface area contributed by atoms with Crippen LogP contribution in [0.1, 0.15) is 35.2 Å². The number of piperidine rings is 1. The first kappa shape index (κ1) is 22.3. The van der Waals surface area contributed by atoms with Crippen LogP contribution in [0.2, 0.25) is 0 Å². The number of sulfonamides is 1. The van der Waals surface area contributed by atoms with E-state index in [1.807, 2.05) is 30.3 Å². The lowest BCUT2D eigenvalue weighted by atomic mass is 9.94. The number of hydrogen-bond donors (Lipinski definition) is 1.